The zero-order valence-corrected chi connectivity index (χ0v) is 17.1. The number of rotatable bonds is 6. The Morgan fingerprint density at radius 1 is 1.13 bits per heavy atom. The third kappa shape index (κ3) is 3.94. The van der Waals surface area contributed by atoms with Gasteiger partial charge in [0.25, 0.3) is 6.43 Å². The van der Waals surface area contributed by atoms with Crippen LogP contribution in [-0.4, -0.2) is 36.8 Å². The number of ether oxygens (including phenoxy) is 2. The Bertz CT molecular complexity index is 1040. The second kappa shape index (κ2) is 8.52. The largest absolute Gasteiger partial charge is 0.496 e. The number of hydrogen-bond acceptors (Lipinski definition) is 5. The molecule has 3 aromatic rings. The van der Waals surface area contributed by atoms with Gasteiger partial charge in [0.1, 0.15) is 11.6 Å². The van der Waals surface area contributed by atoms with Gasteiger partial charge in [-0.15, -0.1) is 0 Å². The summed E-state index contributed by atoms with van der Waals surface area (Å²) in [6.45, 7) is 3.84. The summed E-state index contributed by atoms with van der Waals surface area (Å²) in [6, 6.07) is 13.4. The van der Waals surface area contributed by atoms with Crippen LogP contribution < -0.4 is 10.1 Å². The van der Waals surface area contributed by atoms with Crippen LogP contribution >= 0.6 is 0 Å². The van der Waals surface area contributed by atoms with Crippen LogP contribution in [0.15, 0.2) is 42.5 Å². The number of methoxy groups -OCH3 is 1. The number of nitrogens with zero attached hydrogens (tertiary/aromatic N) is 2. The Labute approximate surface area is 174 Å². The third-order valence-electron chi connectivity index (χ3n) is 5.79. The lowest BCUT2D eigenvalue weighted by atomic mass is 9.73. The molecule has 2 aromatic carbocycles. The maximum absolute atomic E-state index is 13.4. The van der Waals surface area contributed by atoms with Gasteiger partial charge in [-0.1, -0.05) is 29.8 Å². The van der Waals surface area contributed by atoms with Crippen molar-refractivity contribution >= 4 is 16.7 Å². The minimum atomic E-state index is -2.73. The number of halogens is 2. The average Bonchev–Trinajstić information content (AvgIpc) is 2.77. The Hall–Kier alpha value is -2.80. The van der Waals surface area contributed by atoms with Gasteiger partial charge in [0.2, 0.25) is 0 Å². The average molecular weight is 413 g/mol. The van der Waals surface area contributed by atoms with Crippen molar-refractivity contribution in [1.82, 2.24) is 9.97 Å². The highest BCUT2D eigenvalue weighted by molar-refractivity contribution is 5.89. The fourth-order valence-electron chi connectivity index (χ4n) is 4.12. The van der Waals surface area contributed by atoms with Gasteiger partial charge in [-0.2, -0.15) is 0 Å². The van der Waals surface area contributed by atoms with E-state index >= 15 is 0 Å². The Morgan fingerprint density at radius 2 is 1.90 bits per heavy atom. The van der Waals surface area contributed by atoms with E-state index < -0.39 is 12.2 Å². The Kier molecular flexibility index (Phi) is 5.81. The molecule has 2 heterocycles. The van der Waals surface area contributed by atoms with Gasteiger partial charge >= 0.3 is 0 Å². The van der Waals surface area contributed by atoms with Gasteiger partial charge in [0, 0.05) is 36.1 Å². The highest BCUT2D eigenvalue weighted by Crippen LogP contribution is 2.41. The molecule has 1 aromatic heterocycles. The minimum Gasteiger partial charge on any atom is -0.496 e. The molecule has 1 fully saturated rings. The van der Waals surface area contributed by atoms with Crippen molar-refractivity contribution in [2.75, 3.05) is 32.2 Å². The normalized spacial score (nSPS) is 16.0. The van der Waals surface area contributed by atoms with Crippen LogP contribution in [0.1, 0.15) is 36.2 Å². The summed E-state index contributed by atoms with van der Waals surface area (Å²) >= 11 is 0. The molecule has 1 N–H and O–H groups in total. The second-order valence-electron chi connectivity index (χ2n) is 7.70. The molecule has 0 bridgehead atoms. The van der Waals surface area contributed by atoms with Crippen molar-refractivity contribution in [3.63, 3.8) is 0 Å². The van der Waals surface area contributed by atoms with Gasteiger partial charge < -0.3 is 14.8 Å². The quantitative estimate of drug-likeness (QED) is 0.613. The van der Waals surface area contributed by atoms with E-state index in [4.69, 9.17) is 9.47 Å². The van der Waals surface area contributed by atoms with E-state index in [0.717, 1.165) is 35.1 Å². The van der Waals surface area contributed by atoms with Gasteiger partial charge in [-0.05, 0) is 38.0 Å². The van der Waals surface area contributed by atoms with E-state index in [1.54, 1.807) is 19.2 Å². The van der Waals surface area contributed by atoms with E-state index in [2.05, 4.69) is 28.3 Å². The van der Waals surface area contributed by atoms with Gasteiger partial charge in [0.05, 0.1) is 12.6 Å². The topological polar surface area (TPSA) is 56.3 Å². The van der Waals surface area contributed by atoms with Gasteiger partial charge in [-0.3, -0.25) is 0 Å². The number of nitrogens with one attached hydrogen (secondary N) is 1. The fourth-order valence-corrected chi connectivity index (χ4v) is 4.12. The molecule has 158 valence electrons. The van der Waals surface area contributed by atoms with Crippen molar-refractivity contribution in [3.8, 4) is 5.75 Å². The lowest BCUT2D eigenvalue weighted by molar-refractivity contribution is 0.0535. The summed E-state index contributed by atoms with van der Waals surface area (Å²) < 4.78 is 38.0. The van der Waals surface area contributed by atoms with Crippen molar-refractivity contribution in [2.24, 2.45) is 0 Å². The molecule has 0 amide bonds. The summed E-state index contributed by atoms with van der Waals surface area (Å²) in [5.41, 5.74) is 2.49. The molecule has 1 saturated heterocycles. The molecule has 0 unspecified atom stereocenters. The molecule has 1 aliphatic heterocycles. The van der Waals surface area contributed by atoms with Gasteiger partial charge in [-0.25, -0.2) is 18.7 Å². The van der Waals surface area contributed by atoms with Crippen molar-refractivity contribution in [3.05, 3.63) is 59.4 Å². The van der Waals surface area contributed by atoms with Gasteiger partial charge in [0.15, 0.2) is 5.82 Å². The first kappa shape index (κ1) is 20.5. The zero-order chi connectivity index (χ0) is 21.1. The van der Waals surface area contributed by atoms with E-state index in [0.29, 0.717) is 31.1 Å². The second-order valence-corrected chi connectivity index (χ2v) is 7.70. The molecule has 4 rings (SSSR count). The van der Waals surface area contributed by atoms with Crippen LogP contribution in [-0.2, 0) is 10.2 Å². The lowest BCUT2D eigenvalue weighted by Gasteiger charge is -2.39. The van der Waals surface area contributed by atoms with Crippen LogP contribution in [0.5, 0.6) is 5.75 Å². The molecule has 0 saturated carbocycles. The first-order valence-corrected chi connectivity index (χ1v) is 10.0. The number of para-hydroxylation sites is 1. The van der Waals surface area contributed by atoms with Crippen LogP contribution in [0.25, 0.3) is 10.9 Å². The van der Waals surface area contributed by atoms with Crippen molar-refractivity contribution in [1.29, 1.82) is 0 Å². The molecular weight excluding hydrogens is 388 g/mol. The molecule has 7 heteroatoms. The summed E-state index contributed by atoms with van der Waals surface area (Å²) in [4.78, 5) is 8.14. The van der Waals surface area contributed by atoms with Crippen LogP contribution in [0.3, 0.4) is 0 Å². The maximum atomic E-state index is 13.4. The smallest absolute Gasteiger partial charge is 0.297 e. The molecule has 1 aliphatic rings. The first-order valence-electron chi connectivity index (χ1n) is 10.0. The van der Waals surface area contributed by atoms with E-state index in [-0.39, 0.29) is 5.41 Å². The van der Waals surface area contributed by atoms with Crippen LogP contribution in [0.2, 0.25) is 0 Å². The number of benzene rings is 2. The molecule has 5 nitrogen and oxygen atoms in total. The number of anilines is 1. The Morgan fingerprint density at radius 3 is 2.63 bits per heavy atom. The first-order chi connectivity index (χ1) is 14.5. The third-order valence-corrected chi connectivity index (χ3v) is 5.79. The lowest BCUT2D eigenvalue weighted by Crippen LogP contribution is -2.40. The van der Waals surface area contributed by atoms with Crippen LogP contribution in [0, 0.1) is 6.92 Å². The molecule has 0 radical (unpaired) electrons. The number of fused-ring (bicyclic) bond motifs is 1. The Balaban J connectivity index is 1.74. The van der Waals surface area contributed by atoms with E-state index in [9.17, 15) is 8.78 Å². The molecule has 0 aliphatic carbocycles. The molecular formula is C23H25F2N3O2. The zero-order valence-electron chi connectivity index (χ0n) is 17.1. The van der Waals surface area contributed by atoms with E-state index in [1.165, 1.54) is 0 Å². The van der Waals surface area contributed by atoms with Crippen molar-refractivity contribution < 1.29 is 18.3 Å². The van der Waals surface area contributed by atoms with E-state index in [1.807, 2.05) is 24.3 Å². The fraction of sp³-hybridized carbons (Fsp3) is 0.391. The molecule has 0 atom stereocenters. The minimum absolute atomic E-state index is 0.257. The predicted molar refractivity (Wildman–Crippen MR) is 112 cm³/mol. The SMILES string of the molecule is COc1ccc(C)cc1C1(CNc2nc(C(F)F)nc3ccccc23)CCOCC1. The monoisotopic (exact) mass is 413 g/mol. The number of hydrogen-bond donors (Lipinski definition) is 1. The summed E-state index contributed by atoms with van der Waals surface area (Å²) in [7, 11) is 1.67. The molecule has 0 spiro atoms. The number of alkyl halides is 2. The number of aryl methyl sites for hydroxylation is 1. The highest BCUT2D eigenvalue weighted by Gasteiger charge is 2.37. The molecule has 30 heavy (non-hydrogen) atoms. The summed E-state index contributed by atoms with van der Waals surface area (Å²) in [6.07, 6.45) is -1.14. The summed E-state index contributed by atoms with van der Waals surface area (Å²) in [5.74, 6) is 0.781. The van der Waals surface area contributed by atoms with Crippen molar-refractivity contribution in [2.45, 2.75) is 31.6 Å². The number of aromatic nitrogens is 2. The van der Waals surface area contributed by atoms with Crippen LogP contribution in [0.4, 0.5) is 14.6 Å². The standard InChI is InChI=1S/C23H25F2N3O2/c1-15-7-8-19(29-2)17(13-15)23(9-11-30-12-10-23)14-26-21-16-5-3-4-6-18(16)27-22(28-21)20(24)25/h3-8,13,20H,9-12,14H2,1-2H3,(H,26,27,28). The summed E-state index contributed by atoms with van der Waals surface area (Å²) in [5, 5.41) is 4.09. The highest BCUT2D eigenvalue weighted by atomic mass is 19.3. The maximum Gasteiger partial charge on any atom is 0.297 e. The predicted octanol–water partition coefficient (Wildman–Crippen LogP) is 5.04.